The molecule has 0 bridgehead atoms. The third-order valence-corrected chi connectivity index (χ3v) is 5.62. The monoisotopic (exact) mass is 445 g/mol. The average molecular weight is 446 g/mol. The molecule has 0 fully saturated rings. The summed E-state index contributed by atoms with van der Waals surface area (Å²) in [6.45, 7) is 4.16. The van der Waals surface area contributed by atoms with E-state index in [0.29, 0.717) is 5.92 Å². The summed E-state index contributed by atoms with van der Waals surface area (Å²) < 4.78 is 33.1. The minimum atomic E-state index is -1.21. The number of hydrogen-bond acceptors (Lipinski definition) is 4. The van der Waals surface area contributed by atoms with Crippen molar-refractivity contribution in [2.24, 2.45) is 5.92 Å². The zero-order valence-corrected chi connectivity index (χ0v) is 18.3. The van der Waals surface area contributed by atoms with Gasteiger partial charge in [-0.25, -0.2) is 9.18 Å². The van der Waals surface area contributed by atoms with Crippen LogP contribution in [0.2, 0.25) is 0 Å². The number of nitrogens with one attached hydrogen (secondary N) is 1. The smallest absolute Gasteiger partial charge is 0.328 e. The van der Waals surface area contributed by atoms with E-state index >= 15 is 0 Å². The average Bonchev–Trinajstić information content (AvgIpc) is 3.13. The lowest BCUT2D eigenvalue weighted by atomic mass is 9.88. The third kappa shape index (κ3) is 6.61. The fourth-order valence-corrected chi connectivity index (χ4v) is 4.18. The summed E-state index contributed by atoms with van der Waals surface area (Å²) in [6.07, 6.45) is 4.05. The molecule has 0 saturated carbocycles. The second kappa shape index (κ2) is 10.2. The maximum absolute atomic E-state index is 14.0. The van der Waals surface area contributed by atoms with E-state index in [4.69, 9.17) is 9.84 Å². The second-order valence-corrected chi connectivity index (χ2v) is 8.96. The molecule has 172 valence electrons. The largest absolute Gasteiger partial charge is 0.488 e. The van der Waals surface area contributed by atoms with Crippen molar-refractivity contribution in [1.29, 1.82) is 0 Å². The van der Waals surface area contributed by atoms with Gasteiger partial charge in [-0.2, -0.15) is 4.39 Å². The van der Waals surface area contributed by atoms with Gasteiger partial charge in [0.2, 0.25) is 5.82 Å². The topological polar surface area (TPSA) is 78.8 Å². The Morgan fingerprint density at radius 1 is 1.25 bits per heavy atom. The SMILES string of the molecule is CC(C)(CC1Cc2ccccc2C1)NC[C@H](O)COc1cc(C=CC(=O)O)cc(F)c1F. The molecule has 0 aliphatic heterocycles. The van der Waals surface area contributed by atoms with Crippen molar-refractivity contribution in [3.05, 3.63) is 70.8 Å². The molecular formula is C25H29F2NO4. The molecule has 2 aromatic rings. The molecule has 1 atom stereocenters. The Labute approximate surface area is 186 Å². The molecule has 0 amide bonds. The Kier molecular flexibility index (Phi) is 7.64. The van der Waals surface area contributed by atoms with E-state index in [1.54, 1.807) is 0 Å². The van der Waals surface area contributed by atoms with Crippen LogP contribution in [0.25, 0.3) is 6.08 Å². The molecule has 0 aromatic heterocycles. The first kappa shape index (κ1) is 23.9. The van der Waals surface area contributed by atoms with Crippen LogP contribution in [-0.2, 0) is 17.6 Å². The molecule has 0 spiro atoms. The van der Waals surface area contributed by atoms with E-state index in [1.165, 1.54) is 17.2 Å². The number of carbonyl (C=O) groups is 1. The highest BCUT2D eigenvalue weighted by Crippen LogP contribution is 2.32. The van der Waals surface area contributed by atoms with Gasteiger partial charge < -0.3 is 20.3 Å². The summed E-state index contributed by atoms with van der Waals surface area (Å²) >= 11 is 0. The Morgan fingerprint density at radius 3 is 2.53 bits per heavy atom. The lowest BCUT2D eigenvalue weighted by Crippen LogP contribution is -2.46. The zero-order chi connectivity index (χ0) is 23.3. The maximum Gasteiger partial charge on any atom is 0.328 e. The number of hydrogen-bond donors (Lipinski definition) is 3. The number of ether oxygens (including phenoxy) is 1. The number of carboxylic acids is 1. The Balaban J connectivity index is 1.49. The van der Waals surface area contributed by atoms with Gasteiger partial charge in [-0.3, -0.25) is 0 Å². The van der Waals surface area contributed by atoms with E-state index in [0.717, 1.165) is 37.5 Å². The van der Waals surface area contributed by atoms with Crippen molar-refractivity contribution in [2.45, 2.75) is 44.8 Å². The van der Waals surface area contributed by atoms with Gasteiger partial charge in [0, 0.05) is 18.2 Å². The maximum atomic E-state index is 14.0. The number of aliphatic carboxylic acids is 1. The summed E-state index contributed by atoms with van der Waals surface area (Å²) in [4.78, 5) is 10.6. The minimum Gasteiger partial charge on any atom is -0.488 e. The van der Waals surface area contributed by atoms with Crippen LogP contribution in [0.1, 0.15) is 37.0 Å². The van der Waals surface area contributed by atoms with Crippen LogP contribution in [0.4, 0.5) is 8.78 Å². The first-order chi connectivity index (χ1) is 15.1. The van der Waals surface area contributed by atoms with Gasteiger partial charge in [0.1, 0.15) is 12.7 Å². The predicted octanol–water partition coefficient (Wildman–Crippen LogP) is 3.98. The van der Waals surface area contributed by atoms with E-state index < -0.39 is 23.7 Å². The van der Waals surface area contributed by atoms with Gasteiger partial charge in [-0.15, -0.1) is 0 Å². The normalized spacial score (nSPS) is 15.2. The summed E-state index contributed by atoms with van der Waals surface area (Å²) in [5.41, 5.74) is 2.73. The van der Waals surface area contributed by atoms with Gasteiger partial charge in [0.25, 0.3) is 0 Å². The number of aliphatic hydroxyl groups is 1. The van der Waals surface area contributed by atoms with Gasteiger partial charge >= 0.3 is 5.97 Å². The molecular weight excluding hydrogens is 416 g/mol. The van der Waals surface area contributed by atoms with E-state index in [2.05, 4.69) is 43.4 Å². The van der Waals surface area contributed by atoms with Gasteiger partial charge in [-0.05, 0) is 73.9 Å². The molecule has 2 aromatic carbocycles. The van der Waals surface area contributed by atoms with Gasteiger partial charge in [-0.1, -0.05) is 24.3 Å². The van der Waals surface area contributed by atoms with Crippen LogP contribution in [0, 0.1) is 17.6 Å². The predicted molar refractivity (Wildman–Crippen MR) is 119 cm³/mol. The lowest BCUT2D eigenvalue weighted by molar-refractivity contribution is -0.131. The number of halogens is 2. The number of rotatable bonds is 10. The van der Waals surface area contributed by atoms with E-state index in [9.17, 15) is 18.7 Å². The van der Waals surface area contributed by atoms with E-state index in [-0.39, 0.29) is 30.0 Å². The van der Waals surface area contributed by atoms with Crippen LogP contribution in [0.15, 0.2) is 42.5 Å². The second-order valence-electron chi connectivity index (χ2n) is 8.96. The zero-order valence-electron chi connectivity index (χ0n) is 18.3. The van der Waals surface area contributed by atoms with Gasteiger partial charge in [0.05, 0.1) is 0 Å². The number of aliphatic hydroxyl groups excluding tert-OH is 1. The van der Waals surface area contributed by atoms with Crippen molar-refractivity contribution in [1.82, 2.24) is 5.32 Å². The van der Waals surface area contributed by atoms with Crippen molar-refractivity contribution in [3.8, 4) is 5.75 Å². The quantitative estimate of drug-likeness (QED) is 0.482. The van der Waals surface area contributed by atoms with Crippen molar-refractivity contribution >= 4 is 12.0 Å². The lowest BCUT2D eigenvalue weighted by Gasteiger charge is -2.30. The Bertz CT molecular complexity index is 965. The highest BCUT2D eigenvalue weighted by molar-refractivity contribution is 5.85. The van der Waals surface area contributed by atoms with Crippen LogP contribution in [0.5, 0.6) is 5.75 Å². The molecule has 7 heteroatoms. The summed E-state index contributed by atoms with van der Waals surface area (Å²) in [6, 6.07) is 10.5. The number of benzene rings is 2. The van der Waals surface area contributed by atoms with Crippen molar-refractivity contribution in [3.63, 3.8) is 0 Å². The first-order valence-corrected chi connectivity index (χ1v) is 10.7. The minimum absolute atomic E-state index is 0.146. The van der Waals surface area contributed by atoms with E-state index in [1.807, 2.05) is 0 Å². The number of carboxylic acid groups (broad SMARTS) is 1. The van der Waals surface area contributed by atoms with Gasteiger partial charge in [0.15, 0.2) is 11.6 Å². The molecule has 1 aliphatic carbocycles. The Morgan fingerprint density at radius 2 is 1.91 bits per heavy atom. The molecule has 0 saturated heterocycles. The standard InChI is InChI=1S/C25H29F2NO4/c1-25(2,13-17-9-18-5-3-4-6-19(18)10-17)28-14-20(29)15-32-22-12-16(7-8-23(30)31)11-21(26)24(22)27/h3-8,11-12,17,20,28-29H,9-10,13-15H2,1-2H3,(H,30,31)/t20-/m0/s1. The summed E-state index contributed by atoms with van der Waals surface area (Å²) in [7, 11) is 0. The van der Waals surface area contributed by atoms with Crippen molar-refractivity contribution < 1.29 is 28.5 Å². The molecule has 1 aliphatic rings. The molecule has 5 nitrogen and oxygen atoms in total. The Hall–Kier alpha value is -2.77. The van der Waals surface area contributed by atoms with Crippen molar-refractivity contribution in [2.75, 3.05) is 13.2 Å². The fourth-order valence-electron chi connectivity index (χ4n) is 4.18. The highest BCUT2D eigenvalue weighted by Gasteiger charge is 2.28. The van der Waals surface area contributed by atoms with Crippen LogP contribution in [0.3, 0.4) is 0 Å². The van der Waals surface area contributed by atoms with Crippen LogP contribution < -0.4 is 10.1 Å². The molecule has 0 heterocycles. The third-order valence-electron chi connectivity index (χ3n) is 5.62. The molecule has 3 rings (SSSR count). The summed E-state index contributed by atoms with van der Waals surface area (Å²) in [5, 5.41) is 22.3. The molecule has 0 radical (unpaired) electrons. The molecule has 3 N–H and O–H groups in total. The molecule has 32 heavy (non-hydrogen) atoms. The van der Waals surface area contributed by atoms with Crippen LogP contribution >= 0.6 is 0 Å². The fraction of sp³-hybridized carbons (Fsp3) is 0.400. The molecule has 0 unspecified atom stereocenters. The summed E-state index contributed by atoms with van der Waals surface area (Å²) in [5.74, 6) is -3.39. The first-order valence-electron chi connectivity index (χ1n) is 10.7. The van der Waals surface area contributed by atoms with Crippen LogP contribution in [-0.4, -0.2) is 41.0 Å². The highest BCUT2D eigenvalue weighted by atomic mass is 19.2. The number of fused-ring (bicyclic) bond motifs is 1. The number of β-amino-alcohol motifs (C(OH)–C–C–N with tert-alkyl or cyclic N) is 1.